The number of aliphatic carboxylic acids is 1. The number of carboxylic acid groups (broad SMARTS) is 1. The molecule has 1 aromatic heterocycles. The molecular weight excluding hydrogens is 250 g/mol. The maximum Gasteiger partial charge on any atom is 0.303 e. The largest absolute Gasteiger partial charge is 0.481 e. The number of nitrogens with zero attached hydrogens (tertiary/aromatic N) is 2. The zero-order valence-corrected chi connectivity index (χ0v) is 11.4. The minimum Gasteiger partial charge on any atom is -0.481 e. The first-order valence-corrected chi connectivity index (χ1v) is 7.19. The third kappa shape index (κ3) is 3.19. The molecule has 1 aromatic rings. The molecule has 0 spiro atoms. The second-order valence-electron chi connectivity index (χ2n) is 5.04. The number of aryl methyl sites for hydroxylation is 1. The summed E-state index contributed by atoms with van der Waals surface area (Å²) in [7, 11) is 0. The van der Waals surface area contributed by atoms with Gasteiger partial charge in [-0.1, -0.05) is 13.3 Å². The molecule has 2 N–H and O–H groups in total. The third-order valence-corrected chi connectivity index (χ3v) is 4.21. The van der Waals surface area contributed by atoms with Crippen molar-refractivity contribution >= 4 is 22.6 Å². The average Bonchev–Trinajstić information content (AvgIpc) is 2.70. The number of carboxylic acids is 1. The Bertz CT molecular complexity index is 415. The van der Waals surface area contributed by atoms with Crippen LogP contribution in [0.2, 0.25) is 0 Å². The molecule has 0 saturated heterocycles. The fourth-order valence-electron chi connectivity index (χ4n) is 2.33. The predicted molar refractivity (Wildman–Crippen MR) is 70.9 cm³/mol. The van der Waals surface area contributed by atoms with E-state index in [-0.39, 0.29) is 11.8 Å². The smallest absolute Gasteiger partial charge is 0.303 e. The zero-order valence-electron chi connectivity index (χ0n) is 10.6. The maximum atomic E-state index is 10.9. The molecule has 1 fully saturated rings. The van der Waals surface area contributed by atoms with Crippen LogP contribution < -0.4 is 5.32 Å². The quantitative estimate of drug-likeness (QED) is 0.795. The van der Waals surface area contributed by atoms with Gasteiger partial charge in [0.1, 0.15) is 5.82 Å². The van der Waals surface area contributed by atoms with Gasteiger partial charge in [-0.05, 0) is 24.7 Å². The van der Waals surface area contributed by atoms with Crippen LogP contribution in [-0.2, 0) is 11.2 Å². The van der Waals surface area contributed by atoms with Crippen LogP contribution in [-0.4, -0.2) is 27.0 Å². The van der Waals surface area contributed by atoms with Gasteiger partial charge in [0.2, 0.25) is 5.13 Å². The highest BCUT2D eigenvalue weighted by Gasteiger charge is 2.38. The monoisotopic (exact) mass is 269 g/mol. The van der Waals surface area contributed by atoms with E-state index < -0.39 is 5.97 Å². The highest BCUT2D eigenvalue weighted by molar-refractivity contribution is 7.09. The van der Waals surface area contributed by atoms with E-state index in [0.717, 1.165) is 43.1 Å². The summed E-state index contributed by atoms with van der Waals surface area (Å²) in [6.07, 6.45) is 5.31. The van der Waals surface area contributed by atoms with Crippen LogP contribution >= 0.6 is 11.5 Å². The lowest BCUT2D eigenvalue weighted by atomic mass is 9.66. The number of rotatable bonds is 7. The Kier molecular flexibility index (Phi) is 4.16. The van der Waals surface area contributed by atoms with Crippen molar-refractivity contribution in [3.63, 3.8) is 0 Å². The molecule has 2 rings (SSSR count). The Balaban J connectivity index is 1.87. The minimum absolute atomic E-state index is 0.0670. The first kappa shape index (κ1) is 13.3. The van der Waals surface area contributed by atoms with Crippen molar-refractivity contribution in [1.82, 2.24) is 9.36 Å². The third-order valence-electron chi connectivity index (χ3n) is 3.50. The van der Waals surface area contributed by atoms with Gasteiger partial charge in [0.25, 0.3) is 0 Å². The van der Waals surface area contributed by atoms with Crippen LogP contribution in [0.1, 0.15) is 44.9 Å². The standard InChI is InChI=1S/C12H19N3O2S/c1-2-4-9-14-11(18-15-9)13-8-12(5-3-6-12)7-10(16)17/h2-8H2,1H3,(H,16,17)(H,13,14,15). The summed E-state index contributed by atoms with van der Waals surface area (Å²) in [5, 5.41) is 13.0. The molecule has 0 aromatic carbocycles. The van der Waals surface area contributed by atoms with Crippen molar-refractivity contribution in [2.24, 2.45) is 5.41 Å². The molecule has 0 atom stereocenters. The normalized spacial score (nSPS) is 17.2. The highest BCUT2D eigenvalue weighted by Crippen LogP contribution is 2.44. The van der Waals surface area contributed by atoms with Crippen LogP contribution in [0.25, 0.3) is 0 Å². The van der Waals surface area contributed by atoms with E-state index in [9.17, 15) is 4.79 Å². The van der Waals surface area contributed by atoms with E-state index >= 15 is 0 Å². The summed E-state index contributed by atoms with van der Waals surface area (Å²) in [4.78, 5) is 15.2. The summed E-state index contributed by atoms with van der Waals surface area (Å²) in [5.74, 6) is 0.173. The Labute approximate surface area is 111 Å². The van der Waals surface area contributed by atoms with Crippen LogP contribution in [0, 0.1) is 5.41 Å². The molecule has 0 radical (unpaired) electrons. The van der Waals surface area contributed by atoms with Gasteiger partial charge < -0.3 is 10.4 Å². The van der Waals surface area contributed by atoms with Gasteiger partial charge in [-0.3, -0.25) is 4.79 Å². The number of aromatic nitrogens is 2. The van der Waals surface area contributed by atoms with Gasteiger partial charge in [0.15, 0.2) is 0 Å². The second kappa shape index (κ2) is 5.65. The van der Waals surface area contributed by atoms with Crippen molar-refractivity contribution in [3.8, 4) is 0 Å². The van der Waals surface area contributed by atoms with Gasteiger partial charge in [-0.15, -0.1) is 0 Å². The van der Waals surface area contributed by atoms with Crippen molar-refractivity contribution in [3.05, 3.63) is 5.82 Å². The number of hydrogen-bond acceptors (Lipinski definition) is 5. The van der Waals surface area contributed by atoms with Gasteiger partial charge in [0, 0.05) is 24.5 Å². The number of hydrogen-bond donors (Lipinski definition) is 2. The summed E-state index contributed by atoms with van der Waals surface area (Å²) in [6.45, 7) is 2.80. The van der Waals surface area contributed by atoms with Gasteiger partial charge >= 0.3 is 5.97 Å². The lowest BCUT2D eigenvalue weighted by molar-refractivity contribution is -0.141. The van der Waals surface area contributed by atoms with E-state index in [2.05, 4.69) is 21.6 Å². The Hall–Kier alpha value is -1.17. The molecule has 5 nitrogen and oxygen atoms in total. The summed E-state index contributed by atoms with van der Waals surface area (Å²) < 4.78 is 4.26. The van der Waals surface area contributed by atoms with Crippen LogP contribution in [0.15, 0.2) is 0 Å². The molecule has 0 bridgehead atoms. The topological polar surface area (TPSA) is 75.1 Å². The molecule has 1 aliphatic carbocycles. The van der Waals surface area contributed by atoms with Crippen LogP contribution in [0.3, 0.4) is 0 Å². The van der Waals surface area contributed by atoms with Crippen molar-refractivity contribution in [1.29, 1.82) is 0 Å². The van der Waals surface area contributed by atoms with E-state index in [1.165, 1.54) is 11.5 Å². The molecule has 0 amide bonds. The van der Waals surface area contributed by atoms with E-state index in [0.29, 0.717) is 6.54 Å². The Morgan fingerprint density at radius 2 is 2.33 bits per heavy atom. The molecule has 0 unspecified atom stereocenters. The number of carbonyl (C=O) groups is 1. The van der Waals surface area contributed by atoms with E-state index in [4.69, 9.17) is 5.11 Å². The molecule has 0 aliphatic heterocycles. The van der Waals surface area contributed by atoms with Gasteiger partial charge in [0.05, 0.1) is 6.42 Å². The van der Waals surface area contributed by atoms with Crippen molar-refractivity contribution in [2.75, 3.05) is 11.9 Å². The average molecular weight is 269 g/mol. The lowest BCUT2D eigenvalue weighted by Crippen LogP contribution is -2.38. The maximum absolute atomic E-state index is 10.9. The van der Waals surface area contributed by atoms with E-state index in [1.807, 2.05) is 0 Å². The molecular formula is C12H19N3O2S. The summed E-state index contributed by atoms with van der Waals surface area (Å²) in [6, 6.07) is 0. The highest BCUT2D eigenvalue weighted by atomic mass is 32.1. The van der Waals surface area contributed by atoms with E-state index in [1.54, 1.807) is 0 Å². The molecule has 100 valence electrons. The lowest BCUT2D eigenvalue weighted by Gasteiger charge is -2.40. The molecule has 1 aliphatic rings. The van der Waals surface area contributed by atoms with Crippen molar-refractivity contribution in [2.45, 2.75) is 45.4 Å². The fourth-order valence-corrected chi connectivity index (χ4v) is 2.93. The molecule has 1 saturated carbocycles. The minimum atomic E-state index is -0.708. The zero-order chi connectivity index (χ0) is 13.0. The van der Waals surface area contributed by atoms with Gasteiger partial charge in [-0.2, -0.15) is 4.37 Å². The fraction of sp³-hybridized carbons (Fsp3) is 0.750. The summed E-state index contributed by atoms with van der Waals surface area (Å²) >= 11 is 1.36. The summed E-state index contributed by atoms with van der Waals surface area (Å²) in [5.41, 5.74) is -0.0670. The SMILES string of the molecule is CCCc1nsc(NCC2(CC(=O)O)CCC2)n1. The predicted octanol–water partition coefficient (Wildman–Crippen LogP) is 2.55. The second-order valence-corrected chi connectivity index (χ2v) is 5.80. The Morgan fingerprint density at radius 3 is 2.89 bits per heavy atom. The first-order chi connectivity index (χ1) is 8.63. The first-order valence-electron chi connectivity index (χ1n) is 6.42. The van der Waals surface area contributed by atoms with Crippen LogP contribution in [0.4, 0.5) is 5.13 Å². The van der Waals surface area contributed by atoms with Crippen LogP contribution in [0.5, 0.6) is 0 Å². The van der Waals surface area contributed by atoms with Crippen molar-refractivity contribution < 1.29 is 9.90 Å². The Morgan fingerprint density at radius 1 is 1.56 bits per heavy atom. The van der Waals surface area contributed by atoms with Gasteiger partial charge in [-0.25, -0.2) is 4.98 Å². The molecule has 6 heteroatoms. The number of nitrogens with one attached hydrogen (secondary N) is 1. The molecule has 1 heterocycles. The number of anilines is 1. The molecule has 18 heavy (non-hydrogen) atoms.